The van der Waals surface area contributed by atoms with Crippen LogP contribution in [0.15, 0.2) is 67.3 Å². The Bertz CT molecular complexity index is 825. The van der Waals surface area contributed by atoms with Crippen LogP contribution in [0.3, 0.4) is 0 Å². The summed E-state index contributed by atoms with van der Waals surface area (Å²) in [4.78, 5) is 15.4. The molecule has 0 saturated heterocycles. The number of hydrogen-bond donors (Lipinski definition) is 2. The first-order valence-electron chi connectivity index (χ1n) is 11.8. The summed E-state index contributed by atoms with van der Waals surface area (Å²) < 4.78 is 5.54. The molecule has 33 heavy (non-hydrogen) atoms. The zero-order valence-electron chi connectivity index (χ0n) is 20.5. The largest absolute Gasteiger partial charge is 0.456 e. The Morgan fingerprint density at radius 3 is 2.33 bits per heavy atom. The number of carbonyl (C=O) groups excluding carboxylic acids is 1. The minimum absolute atomic E-state index is 0.189. The highest BCUT2D eigenvalue weighted by atomic mass is 35.5. The van der Waals surface area contributed by atoms with Gasteiger partial charge in [0, 0.05) is 11.6 Å². The number of nitrogens with one attached hydrogen (secondary N) is 2. The van der Waals surface area contributed by atoms with Crippen LogP contribution < -0.4 is 10.6 Å². The first-order chi connectivity index (χ1) is 15.8. The number of amides is 1. The van der Waals surface area contributed by atoms with Crippen LogP contribution in [0.25, 0.3) is 0 Å². The third kappa shape index (κ3) is 11.3. The van der Waals surface area contributed by atoms with Gasteiger partial charge in [-0.25, -0.2) is 0 Å². The minimum Gasteiger partial charge on any atom is -0.456 e. The summed E-state index contributed by atoms with van der Waals surface area (Å²) in [5.74, 6) is 0.580. The Morgan fingerprint density at radius 2 is 1.73 bits per heavy atom. The Morgan fingerprint density at radius 1 is 1.09 bits per heavy atom. The van der Waals surface area contributed by atoms with E-state index in [0.717, 1.165) is 26.1 Å². The molecule has 6 heteroatoms. The fourth-order valence-corrected chi connectivity index (χ4v) is 3.36. The molecule has 0 unspecified atom stereocenters. The molecule has 5 nitrogen and oxygen atoms in total. The predicted molar refractivity (Wildman–Crippen MR) is 142 cm³/mol. The van der Waals surface area contributed by atoms with Crippen molar-refractivity contribution in [1.29, 1.82) is 0 Å². The fourth-order valence-electron chi connectivity index (χ4n) is 3.18. The van der Waals surface area contributed by atoms with Crippen molar-refractivity contribution < 1.29 is 9.53 Å². The van der Waals surface area contributed by atoms with Gasteiger partial charge in [0.15, 0.2) is 0 Å². The van der Waals surface area contributed by atoms with E-state index in [4.69, 9.17) is 16.3 Å². The van der Waals surface area contributed by atoms with Crippen molar-refractivity contribution in [3.05, 3.63) is 77.9 Å². The van der Waals surface area contributed by atoms with E-state index < -0.39 is 0 Å². The fraction of sp³-hybridized carbons (Fsp3) is 0.444. The van der Waals surface area contributed by atoms with Crippen molar-refractivity contribution in [2.24, 2.45) is 0 Å². The van der Waals surface area contributed by atoms with E-state index in [0.29, 0.717) is 40.0 Å². The van der Waals surface area contributed by atoms with Gasteiger partial charge in [-0.3, -0.25) is 4.79 Å². The molecule has 0 aliphatic heterocycles. The van der Waals surface area contributed by atoms with Crippen LogP contribution in [0.1, 0.15) is 63.2 Å². The van der Waals surface area contributed by atoms with E-state index in [1.807, 2.05) is 13.0 Å². The smallest absolute Gasteiger partial charge is 0.253 e. The third-order valence-electron chi connectivity index (χ3n) is 5.05. The molecule has 1 rings (SSSR count). The molecule has 0 atom stereocenters. The van der Waals surface area contributed by atoms with Crippen LogP contribution >= 0.6 is 11.6 Å². The second-order valence-corrected chi connectivity index (χ2v) is 8.38. The first kappa shape index (κ1) is 28.5. The molecule has 1 aromatic carbocycles. The van der Waals surface area contributed by atoms with Crippen molar-refractivity contribution >= 4 is 23.2 Å². The molecule has 1 aromatic rings. The molecule has 182 valence electrons. The Balaban J connectivity index is 2.70. The summed E-state index contributed by atoms with van der Waals surface area (Å²) in [7, 11) is 0. The van der Waals surface area contributed by atoms with Crippen LogP contribution in [0.2, 0.25) is 5.02 Å². The molecule has 0 aromatic heterocycles. The summed E-state index contributed by atoms with van der Waals surface area (Å²) in [6, 6.07) is 5.10. The van der Waals surface area contributed by atoms with E-state index in [-0.39, 0.29) is 5.91 Å². The molecule has 0 spiro atoms. The van der Waals surface area contributed by atoms with Crippen molar-refractivity contribution in [2.45, 2.75) is 52.9 Å². The highest BCUT2D eigenvalue weighted by Crippen LogP contribution is 2.24. The molecule has 0 bridgehead atoms. The predicted octanol–water partition coefficient (Wildman–Crippen LogP) is 6.91. The highest BCUT2D eigenvalue weighted by Gasteiger charge is 2.14. The lowest BCUT2D eigenvalue weighted by atomic mass is 10.1. The van der Waals surface area contributed by atoms with Gasteiger partial charge in [0.25, 0.3) is 5.91 Å². The summed E-state index contributed by atoms with van der Waals surface area (Å²) in [6.45, 7) is 21.7. The molecule has 0 fully saturated rings. The average Bonchev–Trinajstić information content (AvgIpc) is 2.78. The van der Waals surface area contributed by atoms with Gasteiger partial charge in [-0.1, -0.05) is 64.1 Å². The minimum atomic E-state index is -0.189. The maximum atomic E-state index is 12.9. The standard InChI is InChI=1S/C27H40ClN3O2/c1-7-10-17-31(18-11-8-2)19-12-16-29-27(32)25-20-24(28)14-15-26(25)30-22(5)23(6)33-21(4)13-9-3/h9,13-15,20,30H,4-8,10-12,16-19H2,1-3H3,(H,29,32)/b13-9-. The average molecular weight is 474 g/mol. The Labute approximate surface area is 205 Å². The molecule has 0 aliphatic rings. The molecule has 1 amide bonds. The maximum Gasteiger partial charge on any atom is 0.253 e. The normalized spacial score (nSPS) is 10.9. The van der Waals surface area contributed by atoms with Gasteiger partial charge >= 0.3 is 0 Å². The molecular weight excluding hydrogens is 434 g/mol. The third-order valence-corrected chi connectivity index (χ3v) is 5.28. The second-order valence-electron chi connectivity index (χ2n) is 7.94. The van der Waals surface area contributed by atoms with Crippen molar-refractivity contribution in [1.82, 2.24) is 10.2 Å². The van der Waals surface area contributed by atoms with Crippen LogP contribution in [-0.4, -0.2) is 37.0 Å². The SMILES string of the molecule is C=C(/C=C\C)OC(=C)C(=C)Nc1ccc(Cl)cc1C(=O)NCCCN(CCCC)CCCC. The Kier molecular flexibility index (Phi) is 14.0. The number of allylic oxidation sites excluding steroid dienone is 2. The molecule has 0 heterocycles. The van der Waals surface area contributed by atoms with Crippen LogP contribution in [0.4, 0.5) is 5.69 Å². The van der Waals surface area contributed by atoms with Gasteiger partial charge in [-0.05, 0) is 70.1 Å². The monoisotopic (exact) mass is 473 g/mol. The van der Waals surface area contributed by atoms with Gasteiger partial charge in [-0.2, -0.15) is 0 Å². The number of carbonyl (C=O) groups is 1. The number of halogens is 1. The quantitative estimate of drug-likeness (QED) is 0.147. The second kappa shape index (κ2) is 16.2. The van der Waals surface area contributed by atoms with Crippen LogP contribution in [-0.2, 0) is 4.74 Å². The number of unbranched alkanes of at least 4 members (excludes halogenated alkanes) is 2. The van der Waals surface area contributed by atoms with E-state index >= 15 is 0 Å². The van der Waals surface area contributed by atoms with Gasteiger partial charge in [0.05, 0.1) is 16.9 Å². The van der Waals surface area contributed by atoms with E-state index in [9.17, 15) is 4.79 Å². The topological polar surface area (TPSA) is 53.6 Å². The number of hydrogen-bond acceptors (Lipinski definition) is 4. The van der Waals surface area contributed by atoms with Crippen LogP contribution in [0.5, 0.6) is 0 Å². The molecule has 0 aliphatic carbocycles. The molecule has 0 saturated carbocycles. The lowest BCUT2D eigenvalue weighted by Gasteiger charge is -2.22. The summed E-state index contributed by atoms with van der Waals surface area (Å²) in [5, 5.41) is 6.61. The lowest BCUT2D eigenvalue weighted by molar-refractivity contribution is 0.0952. The van der Waals surface area contributed by atoms with Crippen molar-refractivity contribution in [3.63, 3.8) is 0 Å². The van der Waals surface area contributed by atoms with Crippen LogP contribution in [0, 0.1) is 0 Å². The number of ether oxygens (including phenoxy) is 1. The number of benzene rings is 1. The lowest BCUT2D eigenvalue weighted by Crippen LogP contribution is -2.31. The molecule has 0 radical (unpaired) electrons. The summed E-state index contributed by atoms with van der Waals surface area (Å²) in [6.07, 6.45) is 9.23. The number of rotatable bonds is 17. The molecular formula is C27H40ClN3O2. The van der Waals surface area contributed by atoms with Crippen molar-refractivity contribution in [2.75, 3.05) is 31.5 Å². The van der Waals surface area contributed by atoms with Gasteiger partial charge in [-0.15, -0.1) is 0 Å². The van der Waals surface area contributed by atoms with Crippen molar-refractivity contribution in [3.8, 4) is 0 Å². The van der Waals surface area contributed by atoms with E-state index in [2.05, 4.69) is 49.1 Å². The summed E-state index contributed by atoms with van der Waals surface area (Å²) in [5.41, 5.74) is 1.45. The van der Waals surface area contributed by atoms with Gasteiger partial charge < -0.3 is 20.3 Å². The zero-order chi connectivity index (χ0) is 24.6. The first-order valence-corrected chi connectivity index (χ1v) is 12.1. The number of nitrogens with zero attached hydrogens (tertiary/aromatic N) is 1. The summed E-state index contributed by atoms with van der Waals surface area (Å²) >= 11 is 6.17. The Hall–Kier alpha value is -2.50. The maximum absolute atomic E-state index is 12.9. The van der Waals surface area contributed by atoms with E-state index in [1.165, 1.54) is 25.7 Å². The highest BCUT2D eigenvalue weighted by molar-refractivity contribution is 6.31. The van der Waals surface area contributed by atoms with Gasteiger partial charge in [0.2, 0.25) is 0 Å². The van der Waals surface area contributed by atoms with Gasteiger partial charge in [0.1, 0.15) is 11.5 Å². The zero-order valence-corrected chi connectivity index (χ0v) is 21.3. The number of anilines is 1. The molecule has 2 N–H and O–H groups in total. The van der Waals surface area contributed by atoms with E-state index in [1.54, 1.807) is 24.3 Å².